The van der Waals surface area contributed by atoms with Gasteiger partial charge in [0.2, 0.25) is 10.0 Å². The minimum atomic E-state index is -3.84. The Balaban J connectivity index is 2.23. The summed E-state index contributed by atoms with van der Waals surface area (Å²) >= 11 is 3.10. The quantitative estimate of drug-likeness (QED) is 0.872. The summed E-state index contributed by atoms with van der Waals surface area (Å²) in [6.07, 6.45) is 2.60. The van der Waals surface area contributed by atoms with E-state index >= 15 is 0 Å². The van der Waals surface area contributed by atoms with E-state index in [-0.39, 0.29) is 16.9 Å². The van der Waals surface area contributed by atoms with Crippen molar-refractivity contribution in [3.8, 4) is 0 Å². The lowest BCUT2D eigenvalue weighted by molar-refractivity contribution is 0.451. The lowest BCUT2D eigenvalue weighted by Gasteiger charge is -2.19. The molecule has 1 aromatic carbocycles. The minimum absolute atomic E-state index is 0.133. The van der Waals surface area contributed by atoms with E-state index in [1.54, 1.807) is 0 Å². The van der Waals surface area contributed by atoms with Gasteiger partial charge in [0, 0.05) is 10.5 Å². The van der Waals surface area contributed by atoms with E-state index in [0.717, 1.165) is 25.3 Å². The number of halogens is 2. The molecular weight excluding hydrogens is 335 g/mol. The van der Waals surface area contributed by atoms with E-state index in [9.17, 15) is 12.8 Å². The first-order valence-corrected chi connectivity index (χ1v) is 8.39. The Hall–Kier alpha value is -0.500. The van der Waals surface area contributed by atoms with Crippen molar-refractivity contribution in [2.24, 2.45) is 11.7 Å². The van der Waals surface area contributed by atoms with E-state index in [2.05, 4.69) is 20.7 Å². The predicted octanol–water partition coefficient (Wildman–Crippen LogP) is 1.99. The van der Waals surface area contributed by atoms with Crippen molar-refractivity contribution in [1.29, 1.82) is 0 Å². The van der Waals surface area contributed by atoms with Gasteiger partial charge in [-0.05, 0) is 43.5 Å². The third-order valence-corrected chi connectivity index (χ3v) is 5.47. The van der Waals surface area contributed by atoms with Gasteiger partial charge in [-0.15, -0.1) is 0 Å². The summed E-state index contributed by atoms with van der Waals surface area (Å²) < 4.78 is 41.1. The van der Waals surface area contributed by atoms with Crippen molar-refractivity contribution >= 4 is 26.0 Å². The van der Waals surface area contributed by atoms with Crippen LogP contribution in [0, 0.1) is 11.7 Å². The first-order valence-electron chi connectivity index (χ1n) is 6.11. The fourth-order valence-electron chi connectivity index (χ4n) is 2.43. The predicted molar refractivity (Wildman–Crippen MR) is 74.6 cm³/mol. The summed E-state index contributed by atoms with van der Waals surface area (Å²) in [4.78, 5) is -0.321. The Morgan fingerprint density at radius 3 is 2.79 bits per heavy atom. The number of sulfonamides is 1. The third kappa shape index (κ3) is 3.34. The highest BCUT2D eigenvalue weighted by atomic mass is 79.9. The highest BCUT2D eigenvalue weighted by Crippen LogP contribution is 2.27. The summed E-state index contributed by atoms with van der Waals surface area (Å²) in [7, 11) is -3.84. The van der Waals surface area contributed by atoms with Crippen LogP contribution in [-0.2, 0) is 10.0 Å². The van der Waals surface area contributed by atoms with Crippen LogP contribution < -0.4 is 10.5 Å². The van der Waals surface area contributed by atoms with Crippen molar-refractivity contribution < 1.29 is 12.8 Å². The van der Waals surface area contributed by atoms with Crippen molar-refractivity contribution in [1.82, 2.24) is 4.72 Å². The second-order valence-electron chi connectivity index (χ2n) is 4.73. The summed E-state index contributed by atoms with van der Waals surface area (Å²) in [6, 6.07) is 3.71. The summed E-state index contributed by atoms with van der Waals surface area (Å²) in [5, 5.41) is 0. The molecule has 3 N–H and O–H groups in total. The molecule has 2 unspecified atom stereocenters. The van der Waals surface area contributed by atoms with Gasteiger partial charge >= 0.3 is 0 Å². The smallest absolute Gasteiger partial charge is 0.243 e. The van der Waals surface area contributed by atoms with Crippen LogP contribution in [-0.4, -0.2) is 21.0 Å². The van der Waals surface area contributed by atoms with Gasteiger partial charge in [-0.2, -0.15) is 0 Å². The van der Waals surface area contributed by atoms with E-state index in [0.29, 0.717) is 11.0 Å². The van der Waals surface area contributed by atoms with E-state index in [1.807, 2.05) is 0 Å². The Bertz CT molecular complexity index is 565. The summed E-state index contributed by atoms with van der Waals surface area (Å²) in [5.41, 5.74) is 5.62. The van der Waals surface area contributed by atoms with Crippen molar-refractivity contribution in [2.75, 3.05) is 6.54 Å². The van der Waals surface area contributed by atoms with Gasteiger partial charge in [-0.3, -0.25) is 0 Å². The molecule has 19 heavy (non-hydrogen) atoms. The maximum Gasteiger partial charge on any atom is 0.243 e. The molecule has 1 fully saturated rings. The molecule has 0 saturated heterocycles. The van der Waals surface area contributed by atoms with Crippen LogP contribution in [0.25, 0.3) is 0 Å². The van der Waals surface area contributed by atoms with Crippen LogP contribution in [0.15, 0.2) is 27.6 Å². The second-order valence-corrected chi connectivity index (χ2v) is 7.33. The van der Waals surface area contributed by atoms with Crippen LogP contribution in [0.3, 0.4) is 0 Å². The second kappa shape index (κ2) is 5.87. The molecule has 0 aliphatic heterocycles. The Morgan fingerprint density at radius 2 is 2.16 bits per heavy atom. The number of nitrogens with two attached hydrogens (primary N) is 1. The van der Waals surface area contributed by atoms with Gasteiger partial charge in [0.1, 0.15) is 10.7 Å². The molecule has 0 aromatic heterocycles. The van der Waals surface area contributed by atoms with Gasteiger partial charge in [0.15, 0.2) is 0 Å². The molecule has 4 nitrogen and oxygen atoms in total. The maximum absolute atomic E-state index is 13.7. The number of hydrogen-bond acceptors (Lipinski definition) is 3. The molecule has 1 aliphatic carbocycles. The number of benzene rings is 1. The molecule has 2 atom stereocenters. The van der Waals surface area contributed by atoms with E-state index in [1.165, 1.54) is 12.1 Å². The molecule has 106 valence electrons. The lowest BCUT2D eigenvalue weighted by Crippen LogP contribution is -2.40. The number of hydrogen-bond donors (Lipinski definition) is 2. The van der Waals surface area contributed by atoms with Gasteiger partial charge in [-0.1, -0.05) is 22.4 Å². The van der Waals surface area contributed by atoms with Crippen molar-refractivity contribution in [2.45, 2.75) is 30.2 Å². The van der Waals surface area contributed by atoms with Crippen LogP contribution in [0.1, 0.15) is 19.3 Å². The van der Waals surface area contributed by atoms with Gasteiger partial charge in [0.25, 0.3) is 0 Å². The molecule has 0 spiro atoms. The monoisotopic (exact) mass is 350 g/mol. The summed E-state index contributed by atoms with van der Waals surface area (Å²) in [5.74, 6) is -0.627. The molecule has 0 heterocycles. The molecule has 2 rings (SSSR count). The molecule has 0 bridgehead atoms. The standard InChI is InChI=1S/C12H16BrFN2O2S/c13-9-4-5-12(10(14)6-9)19(17,18)16-11-3-1-2-8(11)7-15/h4-6,8,11,16H,1-3,7,15H2. The molecule has 1 aliphatic rings. The molecule has 0 amide bonds. The Labute approximate surface area is 120 Å². The fourth-order valence-corrected chi connectivity index (χ4v) is 4.16. The van der Waals surface area contributed by atoms with Crippen LogP contribution >= 0.6 is 15.9 Å². The third-order valence-electron chi connectivity index (χ3n) is 3.45. The zero-order valence-electron chi connectivity index (χ0n) is 10.3. The van der Waals surface area contributed by atoms with Gasteiger partial charge < -0.3 is 5.73 Å². The van der Waals surface area contributed by atoms with Gasteiger partial charge in [-0.25, -0.2) is 17.5 Å². The molecular formula is C12H16BrFN2O2S. The van der Waals surface area contributed by atoms with Crippen LogP contribution in [0.5, 0.6) is 0 Å². The molecule has 1 aromatic rings. The summed E-state index contributed by atoms with van der Waals surface area (Å²) in [6.45, 7) is 0.440. The number of rotatable bonds is 4. The Morgan fingerprint density at radius 1 is 1.42 bits per heavy atom. The first kappa shape index (κ1) is 14.9. The maximum atomic E-state index is 13.7. The average molecular weight is 351 g/mol. The Kier molecular flexibility index (Phi) is 4.60. The first-order chi connectivity index (χ1) is 8.94. The zero-order chi connectivity index (χ0) is 14.0. The fraction of sp³-hybridized carbons (Fsp3) is 0.500. The minimum Gasteiger partial charge on any atom is -0.330 e. The average Bonchev–Trinajstić information content (AvgIpc) is 2.74. The van der Waals surface area contributed by atoms with E-state index in [4.69, 9.17) is 5.73 Å². The van der Waals surface area contributed by atoms with Crippen molar-refractivity contribution in [3.63, 3.8) is 0 Å². The normalized spacial score (nSPS) is 23.7. The van der Waals surface area contributed by atoms with Crippen LogP contribution in [0.4, 0.5) is 4.39 Å². The highest BCUT2D eigenvalue weighted by Gasteiger charge is 2.31. The van der Waals surface area contributed by atoms with Crippen molar-refractivity contribution in [3.05, 3.63) is 28.5 Å². The largest absolute Gasteiger partial charge is 0.330 e. The topological polar surface area (TPSA) is 72.2 Å². The SMILES string of the molecule is NCC1CCCC1NS(=O)(=O)c1ccc(Br)cc1F. The molecule has 0 radical (unpaired) electrons. The van der Waals surface area contributed by atoms with Crippen LogP contribution in [0.2, 0.25) is 0 Å². The van der Waals surface area contributed by atoms with Gasteiger partial charge in [0.05, 0.1) is 0 Å². The van der Waals surface area contributed by atoms with E-state index < -0.39 is 15.8 Å². The highest BCUT2D eigenvalue weighted by molar-refractivity contribution is 9.10. The number of nitrogens with one attached hydrogen (secondary N) is 1. The molecule has 1 saturated carbocycles. The lowest BCUT2D eigenvalue weighted by atomic mass is 10.1. The molecule has 7 heteroatoms. The zero-order valence-corrected chi connectivity index (χ0v) is 12.7.